The summed E-state index contributed by atoms with van der Waals surface area (Å²) in [6, 6.07) is 5.17. The summed E-state index contributed by atoms with van der Waals surface area (Å²) in [5.41, 5.74) is -0.932. The van der Waals surface area contributed by atoms with Crippen LogP contribution in [-0.2, 0) is 0 Å². The van der Waals surface area contributed by atoms with E-state index in [1.165, 1.54) is 0 Å². The van der Waals surface area contributed by atoms with Crippen molar-refractivity contribution in [3.05, 3.63) is 62.7 Å². The Morgan fingerprint density at radius 2 is 1.19 bits per heavy atom. The SMILES string of the molecule is [C-]#[N+]C(C#N)=C1c2nc(C#N)c(C#N)nc2-c2nc([N+]#[C-])c([N+]#[C-])nc21. The van der Waals surface area contributed by atoms with E-state index < -0.39 is 0 Å². The minimum Gasteiger partial charge on any atom is -0.370 e. The van der Waals surface area contributed by atoms with E-state index in [0.717, 1.165) is 0 Å². The van der Waals surface area contributed by atoms with Crippen molar-refractivity contribution in [3.63, 3.8) is 0 Å². The number of hydrogen-bond donors (Lipinski definition) is 0. The van der Waals surface area contributed by atoms with E-state index in [2.05, 4.69) is 34.5 Å². The number of nitriles is 3. The number of hydrogen-bond acceptors (Lipinski definition) is 7. The zero-order valence-corrected chi connectivity index (χ0v) is 12.5. The Morgan fingerprint density at radius 1 is 0.731 bits per heavy atom. The third-order valence-corrected chi connectivity index (χ3v) is 3.33. The molecule has 0 saturated carbocycles. The monoisotopic (exact) mass is 332 g/mol. The third kappa shape index (κ3) is 1.99. The quantitative estimate of drug-likeness (QED) is 0.455. The second-order valence-electron chi connectivity index (χ2n) is 4.58. The molecule has 1 aliphatic carbocycles. The van der Waals surface area contributed by atoms with Gasteiger partial charge in [-0.1, -0.05) is 13.1 Å². The molecule has 0 fully saturated rings. The van der Waals surface area contributed by atoms with E-state index in [-0.39, 0.29) is 57.1 Å². The molecule has 0 unspecified atom stereocenters. The molecule has 26 heavy (non-hydrogen) atoms. The highest BCUT2D eigenvalue weighted by Gasteiger charge is 2.39. The largest absolute Gasteiger partial charge is 0.370 e. The third-order valence-electron chi connectivity index (χ3n) is 3.33. The molecule has 114 valence electrons. The molecule has 0 atom stereocenters. The molecule has 10 heteroatoms. The van der Waals surface area contributed by atoms with Crippen LogP contribution in [0.3, 0.4) is 0 Å². The van der Waals surface area contributed by atoms with E-state index >= 15 is 0 Å². The topological polar surface area (TPSA) is 136 Å². The van der Waals surface area contributed by atoms with Crippen molar-refractivity contribution in [2.24, 2.45) is 0 Å². The van der Waals surface area contributed by atoms with Gasteiger partial charge in [0.05, 0.1) is 23.9 Å². The first-order valence-electron chi connectivity index (χ1n) is 6.55. The average molecular weight is 332 g/mol. The van der Waals surface area contributed by atoms with Crippen molar-refractivity contribution in [1.82, 2.24) is 19.9 Å². The maximum atomic E-state index is 9.25. The summed E-state index contributed by atoms with van der Waals surface area (Å²) in [7, 11) is 0. The first kappa shape index (κ1) is 15.7. The predicted octanol–water partition coefficient (Wildman–Crippen LogP) is 2.29. The van der Waals surface area contributed by atoms with Crippen molar-refractivity contribution in [2.75, 3.05) is 0 Å². The lowest BCUT2D eigenvalue weighted by Crippen LogP contribution is -2.00. The Labute approximate surface area is 146 Å². The van der Waals surface area contributed by atoms with E-state index in [1.807, 2.05) is 0 Å². The van der Waals surface area contributed by atoms with Crippen molar-refractivity contribution in [3.8, 4) is 29.6 Å². The molecular weight excluding hydrogens is 332 g/mol. The fourth-order valence-electron chi connectivity index (χ4n) is 2.31. The van der Waals surface area contributed by atoms with Gasteiger partial charge in [-0.2, -0.15) is 10.5 Å². The Bertz CT molecular complexity index is 1190. The highest BCUT2D eigenvalue weighted by molar-refractivity contribution is 5.99. The first-order valence-corrected chi connectivity index (χ1v) is 6.55. The molecule has 0 spiro atoms. The lowest BCUT2D eigenvalue weighted by molar-refractivity contribution is 1.11. The van der Waals surface area contributed by atoms with Gasteiger partial charge in [0.15, 0.2) is 11.4 Å². The maximum absolute atomic E-state index is 9.25. The van der Waals surface area contributed by atoms with Gasteiger partial charge in [0.1, 0.15) is 17.8 Å². The van der Waals surface area contributed by atoms with Gasteiger partial charge in [-0.05, 0) is 0 Å². The Balaban J connectivity index is 2.55. The van der Waals surface area contributed by atoms with Gasteiger partial charge in [0.25, 0.3) is 17.3 Å². The summed E-state index contributed by atoms with van der Waals surface area (Å²) in [6.07, 6.45) is 0. The lowest BCUT2D eigenvalue weighted by atomic mass is 10.1. The zero-order valence-electron chi connectivity index (χ0n) is 12.5. The van der Waals surface area contributed by atoms with Gasteiger partial charge in [-0.15, -0.1) is 9.97 Å². The number of fused-ring (bicyclic) bond motifs is 3. The lowest BCUT2D eigenvalue weighted by Gasteiger charge is -2.00. The fourth-order valence-corrected chi connectivity index (χ4v) is 2.31. The second-order valence-corrected chi connectivity index (χ2v) is 4.58. The molecule has 10 nitrogen and oxygen atoms in total. The first-order chi connectivity index (χ1) is 12.6. The van der Waals surface area contributed by atoms with Gasteiger partial charge < -0.3 is 9.69 Å². The van der Waals surface area contributed by atoms with Crippen LogP contribution >= 0.6 is 0 Å². The van der Waals surface area contributed by atoms with Crippen LogP contribution in [0, 0.1) is 53.7 Å². The van der Waals surface area contributed by atoms with E-state index in [1.54, 1.807) is 18.2 Å². The number of rotatable bonds is 0. The Kier molecular flexibility index (Phi) is 3.51. The van der Waals surface area contributed by atoms with Crippen LogP contribution in [-0.4, -0.2) is 19.9 Å². The van der Waals surface area contributed by atoms with Crippen LogP contribution in [0.25, 0.3) is 31.5 Å². The van der Waals surface area contributed by atoms with Crippen molar-refractivity contribution < 1.29 is 0 Å². The average Bonchev–Trinajstić information content (AvgIpc) is 2.99. The molecular formula is C16N10. The molecule has 0 bridgehead atoms. The molecule has 2 aromatic rings. The molecule has 0 aromatic carbocycles. The number of aromatic nitrogens is 4. The maximum Gasteiger partial charge on any atom is 0.294 e. The molecule has 0 radical (unpaired) electrons. The van der Waals surface area contributed by atoms with Gasteiger partial charge in [-0.25, -0.2) is 20.1 Å². The van der Waals surface area contributed by atoms with E-state index in [0.29, 0.717) is 0 Å². The Morgan fingerprint density at radius 3 is 1.65 bits per heavy atom. The second kappa shape index (κ2) is 5.80. The van der Waals surface area contributed by atoms with Crippen LogP contribution in [0.5, 0.6) is 0 Å². The standard InChI is InChI=1S/C16N10/c1-20-9(6-19)10-11-13(24-8(5-18)7(4-17)23-11)14-12(10)25-15(21-2)16(22-3)26-14. The number of allylic oxidation sites excluding steroid dienone is 1. The smallest absolute Gasteiger partial charge is 0.294 e. The molecule has 2 aromatic heterocycles. The summed E-state index contributed by atoms with van der Waals surface area (Å²) < 4.78 is 0. The van der Waals surface area contributed by atoms with E-state index in [4.69, 9.17) is 30.2 Å². The van der Waals surface area contributed by atoms with Gasteiger partial charge in [-0.3, -0.25) is 0 Å². The van der Waals surface area contributed by atoms with Crippen LogP contribution in [0.15, 0.2) is 5.70 Å². The van der Waals surface area contributed by atoms with Gasteiger partial charge in [0, 0.05) is 0 Å². The predicted molar refractivity (Wildman–Crippen MR) is 83.2 cm³/mol. The molecule has 3 rings (SSSR count). The van der Waals surface area contributed by atoms with Crippen molar-refractivity contribution in [1.29, 1.82) is 15.8 Å². The molecule has 0 amide bonds. The molecule has 0 aliphatic heterocycles. The van der Waals surface area contributed by atoms with Crippen molar-refractivity contribution >= 4 is 17.2 Å². The highest BCUT2D eigenvalue weighted by atomic mass is 15.0. The number of nitrogens with zero attached hydrogens (tertiary/aromatic N) is 10. The van der Waals surface area contributed by atoms with Crippen LogP contribution in [0.2, 0.25) is 0 Å². The molecule has 2 heterocycles. The molecule has 1 aliphatic rings. The molecule has 0 saturated heterocycles. The van der Waals surface area contributed by atoms with Crippen molar-refractivity contribution in [2.45, 2.75) is 0 Å². The minimum absolute atomic E-state index is 0.00932. The summed E-state index contributed by atoms with van der Waals surface area (Å²) in [5.74, 6) is -0.579. The van der Waals surface area contributed by atoms with Crippen LogP contribution < -0.4 is 0 Å². The van der Waals surface area contributed by atoms with Crippen LogP contribution in [0.4, 0.5) is 11.6 Å². The van der Waals surface area contributed by atoms with E-state index in [9.17, 15) is 5.26 Å². The van der Waals surface area contributed by atoms with Gasteiger partial charge >= 0.3 is 0 Å². The molecule has 0 N–H and O–H groups in total. The normalized spacial score (nSPS) is 12.1. The highest BCUT2D eigenvalue weighted by Crippen LogP contribution is 2.44. The minimum atomic E-state index is -0.381. The Hall–Kier alpha value is -5.16. The fraction of sp³-hybridized carbons (Fsp3) is 0. The summed E-state index contributed by atoms with van der Waals surface area (Å²) >= 11 is 0. The van der Waals surface area contributed by atoms with Gasteiger partial charge in [0.2, 0.25) is 11.4 Å². The zero-order chi connectivity index (χ0) is 18.8. The summed E-state index contributed by atoms with van der Waals surface area (Å²) in [6.45, 7) is 21.4. The summed E-state index contributed by atoms with van der Waals surface area (Å²) in [5, 5.41) is 27.5. The summed E-state index contributed by atoms with van der Waals surface area (Å²) in [4.78, 5) is 25.5. The van der Waals surface area contributed by atoms with Crippen LogP contribution in [0.1, 0.15) is 22.8 Å².